The molecule has 4 amide bonds. The lowest BCUT2D eigenvalue weighted by Crippen LogP contribution is -2.50. The zero-order valence-corrected chi connectivity index (χ0v) is 17.4. The van der Waals surface area contributed by atoms with E-state index in [1.807, 2.05) is 18.2 Å². The van der Waals surface area contributed by atoms with E-state index in [1.165, 1.54) is 0 Å². The highest BCUT2D eigenvalue weighted by Gasteiger charge is 2.40. The average molecular weight is 423 g/mol. The van der Waals surface area contributed by atoms with Gasteiger partial charge < -0.3 is 19.9 Å². The lowest BCUT2D eigenvalue weighted by Gasteiger charge is -2.35. The number of anilines is 1. The van der Waals surface area contributed by atoms with Crippen LogP contribution < -0.4 is 15.0 Å². The van der Waals surface area contributed by atoms with Gasteiger partial charge in [0.15, 0.2) is 0 Å². The Labute approximate surface area is 180 Å². The van der Waals surface area contributed by atoms with Gasteiger partial charge in [-0.3, -0.25) is 14.5 Å². The van der Waals surface area contributed by atoms with Crippen molar-refractivity contribution >= 4 is 23.7 Å². The lowest BCUT2D eigenvalue weighted by atomic mass is 10.1. The molecular formula is C22H25N5O4. The minimum atomic E-state index is -0.827. The van der Waals surface area contributed by atoms with Crippen LogP contribution in [0.4, 0.5) is 10.6 Å². The van der Waals surface area contributed by atoms with E-state index in [1.54, 1.807) is 42.5 Å². The van der Waals surface area contributed by atoms with Crippen molar-refractivity contribution in [1.29, 1.82) is 0 Å². The normalized spacial score (nSPS) is 18.9. The number of carbonyl (C=O) groups is 3. The van der Waals surface area contributed by atoms with Crippen molar-refractivity contribution in [1.82, 2.24) is 20.1 Å². The number of nitrogens with zero attached hydrogens (tertiary/aromatic N) is 4. The maximum Gasteiger partial charge on any atom is 0.325 e. The Morgan fingerprint density at radius 3 is 2.48 bits per heavy atom. The van der Waals surface area contributed by atoms with Crippen LogP contribution in [-0.2, 0) is 16.1 Å². The number of nitrogens with one attached hydrogen (secondary N) is 1. The summed E-state index contributed by atoms with van der Waals surface area (Å²) in [6.07, 6.45) is 1.71. The molecule has 2 aliphatic heterocycles. The summed E-state index contributed by atoms with van der Waals surface area (Å²) in [5, 5.41) is 2.65. The van der Waals surface area contributed by atoms with Crippen molar-refractivity contribution in [3.8, 4) is 5.75 Å². The number of rotatable bonds is 6. The summed E-state index contributed by atoms with van der Waals surface area (Å²) < 4.78 is 5.12. The van der Waals surface area contributed by atoms with Gasteiger partial charge >= 0.3 is 6.03 Å². The van der Waals surface area contributed by atoms with E-state index in [0.717, 1.165) is 16.3 Å². The number of hydrogen-bond donors (Lipinski definition) is 1. The smallest absolute Gasteiger partial charge is 0.325 e. The first-order valence-electron chi connectivity index (χ1n) is 10.2. The number of carbonyl (C=O) groups excluding carboxylic acids is 3. The number of piperazine rings is 1. The molecule has 2 aliphatic rings. The molecule has 2 saturated heterocycles. The van der Waals surface area contributed by atoms with Gasteiger partial charge in [0.1, 0.15) is 17.6 Å². The quantitative estimate of drug-likeness (QED) is 0.703. The molecule has 1 aromatic heterocycles. The predicted molar refractivity (Wildman–Crippen MR) is 114 cm³/mol. The highest BCUT2D eigenvalue weighted by atomic mass is 16.5. The van der Waals surface area contributed by atoms with Gasteiger partial charge in [0, 0.05) is 32.4 Å². The first-order chi connectivity index (χ1) is 15.0. The number of aromatic nitrogens is 1. The maximum absolute atomic E-state index is 12.7. The Kier molecular flexibility index (Phi) is 6.01. The molecule has 31 heavy (non-hydrogen) atoms. The van der Waals surface area contributed by atoms with Crippen LogP contribution in [0.15, 0.2) is 48.7 Å². The molecule has 0 unspecified atom stereocenters. The van der Waals surface area contributed by atoms with Crippen molar-refractivity contribution in [3.63, 3.8) is 0 Å². The van der Waals surface area contributed by atoms with E-state index in [4.69, 9.17) is 4.74 Å². The van der Waals surface area contributed by atoms with Crippen LogP contribution >= 0.6 is 0 Å². The van der Waals surface area contributed by atoms with Gasteiger partial charge in [-0.25, -0.2) is 9.78 Å². The van der Waals surface area contributed by atoms with Gasteiger partial charge in [-0.1, -0.05) is 18.2 Å². The number of benzene rings is 1. The third kappa shape index (κ3) is 4.60. The Bertz CT molecular complexity index is 942. The number of pyridine rings is 1. The number of ether oxygens (including phenoxy) is 1. The number of methoxy groups -OCH3 is 1. The number of imide groups is 1. The molecule has 1 atom stereocenters. The Balaban J connectivity index is 1.30. The standard InChI is InChI=1S/C22H25N5O4/c1-31-17-7-5-16(6-8-17)15-27-21(29)18(24-22(27)30)14-20(28)26-12-10-25(11-13-26)19-4-2-3-9-23-19/h2-9,18H,10-15H2,1H3,(H,24,30)/t18-/m0/s1. The van der Waals surface area contributed by atoms with Crippen molar-refractivity contribution in [3.05, 3.63) is 54.2 Å². The van der Waals surface area contributed by atoms with E-state index in [9.17, 15) is 14.4 Å². The van der Waals surface area contributed by atoms with Crippen LogP contribution in [-0.4, -0.2) is 72.0 Å². The van der Waals surface area contributed by atoms with Crippen molar-refractivity contribution in [2.24, 2.45) is 0 Å². The molecule has 3 heterocycles. The van der Waals surface area contributed by atoms with E-state index >= 15 is 0 Å². The fourth-order valence-corrected chi connectivity index (χ4v) is 3.81. The lowest BCUT2D eigenvalue weighted by molar-refractivity contribution is -0.136. The Morgan fingerprint density at radius 2 is 1.84 bits per heavy atom. The van der Waals surface area contributed by atoms with Crippen LogP contribution in [0, 0.1) is 0 Å². The molecule has 9 heteroatoms. The molecule has 0 spiro atoms. The summed E-state index contributed by atoms with van der Waals surface area (Å²) in [7, 11) is 1.58. The second-order valence-electron chi connectivity index (χ2n) is 7.53. The van der Waals surface area contributed by atoms with Crippen molar-refractivity contribution in [2.45, 2.75) is 19.0 Å². The molecule has 0 radical (unpaired) electrons. The first kappa shape index (κ1) is 20.6. The molecule has 4 rings (SSSR count). The van der Waals surface area contributed by atoms with Gasteiger partial charge in [0.2, 0.25) is 5.91 Å². The SMILES string of the molecule is COc1ccc(CN2C(=O)N[C@@H](CC(=O)N3CCN(c4ccccn4)CC3)C2=O)cc1. The summed E-state index contributed by atoms with van der Waals surface area (Å²) in [5.41, 5.74) is 0.807. The fraction of sp³-hybridized carbons (Fsp3) is 0.364. The minimum absolute atomic E-state index is 0.0345. The van der Waals surface area contributed by atoms with Crippen LogP contribution in [0.25, 0.3) is 0 Å². The number of urea groups is 1. The van der Waals surface area contributed by atoms with Gasteiger partial charge in [0.05, 0.1) is 20.1 Å². The molecule has 162 valence electrons. The topological polar surface area (TPSA) is 95.1 Å². The molecule has 0 saturated carbocycles. The predicted octanol–water partition coefficient (Wildman–Crippen LogP) is 1.25. The molecule has 1 aromatic carbocycles. The highest BCUT2D eigenvalue weighted by molar-refractivity contribution is 6.05. The monoisotopic (exact) mass is 423 g/mol. The summed E-state index contributed by atoms with van der Waals surface area (Å²) in [6, 6.07) is 11.6. The van der Waals surface area contributed by atoms with Crippen LogP contribution in [0.1, 0.15) is 12.0 Å². The van der Waals surface area contributed by atoms with E-state index in [2.05, 4.69) is 15.2 Å². The summed E-state index contributed by atoms with van der Waals surface area (Å²) >= 11 is 0. The zero-order chi connectivity index (χ0) is 21.8. The van der Waals surface area contributed by atoms with Gasteiger partial charge in [0.25, 0.3) is 5.91 Å². The molecular weight excluding hydrogens is 398 g/mol. The molecule has 2 aromatic rings. The Morgan fingerprint density at radius 1 is 1.10 bits per heavy atom. The zero-order valence-electron chi connectivity index (χ0n) is 17.4. The van der Waals surface area contributed by atoms with Crippen LogP contribution in [0.5, 0.6) is 5.75 Å². The third-order valence-electron chi connectivity index (χ3n) is 5.59. The second kappa shape index (κ2) is 9.03. The van der Waals surface area contributed by atoms with E-state index in [-0.39, 0.29) is 24.8 Å². The van der Waals surface area contributed by atoms with Gasteiger partial charge in [-0.05, 0) is 29.8 Å². The molecule has 0 aliphatic carbocycles. The highest BCUT2D eigenvalue weighted by Crippen LogP contribution is 2.18. The van der Waals surface area contributed by atoms with E-state index in [0.29, 0.717) is 31.9 Å². The fourth-order valence-electron chi connectivity index (χ4n) is 3.81. The summed E-state index contributed by atoms with van der Waals surface area (Å²) in [6.45, 7) is 2.62. The van der Waals surface area contributed by atoms with Gasteiger partial charge in [-0.2, -0.15) is 0 Å². The molecule has 0 bridgehead atoms. The summed E-state index contributed by atoms with van der Waals surface area (Å²) in [5.74, 6) is 1.08. The van der Waals surface area contributed by atoms with Crippen molar-refractivity contribution in [2.75, 3.05) is 38.2 Å². The first-order valence-corrected chi connectivity index (χ1v) is 10.2. The Hall–Kier alpha value is -3.62. The largest absolute Gasteiger partial charge is 0.497 e. The van der Waals surface area contributed by atoms with Crippen molar-refractivity contribution < 1.29 is 19.1 Å². The molecule has 2 fully saturated rings. The van der Waals surface area contributed by atoms with Crippen LogP contribution in [0.2, 0.25) is 0 Å². The number of hydrogen-bond acceptors (Lipinski definition) is 6. The van der Waals surface area contributed by atoms with E-state index < -0.39 is 12.1 Å². The maximum atomic E-state index is 12.7. The second-order valence-corrected chi connectivity index (χ2v) is 7.53. The molecule has 9 nitrogen and oxygen atoms in total. The number of amides is 4. The third-order valence-corrected chi connectivity index (χ3v) is 5.59. The average Bonchev–Trinajstić information content (AvgIpc) is 3.07. The minimum Gasteiger partial charge on any atom is -0.497 e. The molecule has 1 N–H and O–H groups in total. The van der Waals surface area contributed by atoms with Crippen LogP contribution in [0.3, 0.4) is 0 Å². The summed E-state index contributed by atoms with van der Waals surface area (Å²) in [4.78, 5) is 47.1. The van der Waals surface area contributed by atoms with Gasteiger partial charge in [-0.15, -0.1) is 0 Å².